The summed E-state index contributed by atoms with van der Waals surface area (Å²) < 4.78 is 9.64. The molecule has 11 heteroatoms. The number of nitriles is 1. The van der Waals surface area contributed by atoms with Crippen LogP contribution in [0.4, 0.5) is 0 Å². The van der Waals surface area contributed by atoms with E-state index < -0.39 is 11.2 Å². The van der Waals surface area contributed by atoms with Crippen molar-refractivity contribution in [3.63, 3.8) is 0 Å². The van der Waals surface area contributed by atoms with Gasteiger partial charge in [0.2, 0.25) is 11.8 Å². The van der Waals surface area contributed by atoms with Crippen molar-refractivity contribution in [3.05, 3.63) is 51.1 Å². The molecule has 4 rings (SSSR count). The Bertz CT molecular complexity index is 1310. The highest BCUT2D eigenvalue weighted by Crippen LogP contribution is 2.23. The number of aromatic nitrogens is 5. The molecule has 1 aliphatic rings. The van der Waals surface area contributed by atoms with E-state index in [9.17, 15) is 14.4 Å². The van der Waals surface area contributed by atoms with Gasteiger partial charge in [0, 0.05) is 32.4 Å². The van der Waals surface area contributed by atoms with Crippen LogP contribution in [0.1, 0.15) is 31.2 Å². The Morgan fingerprint density at radius 3 is 2.59 bits per heavy atom. The van der Waals surface area contributed by atoms with Gasteiger partial charge in [0.15, 0.2) is 11.2 Å². The Kier molecular flexibility index (Phi) is 5.77. The van der Waals surface area contributed by atoms with Crippen LogP contribution in [-0.4, -0.2) is 41.7 Å². The summed E-state index contributed by atoms with van der Waals surface area (Å²) in [5, 5.41) is 11.8. The van der Waals surface area contributed by atoms with E-state index in [-0.39, 0.29) is 35.8 Å². The number of aryl methyl sites for hydroxylation is 1. The van der Waals surface area contributed by atoms with Crippen LogP contribution < -0.4 is 21.3 Å². The first-order valence-electron chi connectivity index (χ1n) is 10.3. The van der Waals surface area contributed by atoms with E-state index in [0.29, 0.717) is 11.4 Å². The van der Waals surface area contributed by atoms with Gasteiger partial charge in [-0.05, 0) is 31.7 Å². The molecule has 1 aliphatic carbocycles. The predicted molar refractivity (Wildman–Crippen MR) is 114 cm³/mol. The molecule has 32 heavy (non-hydrogen) atoms. The van der Waals surface area contributed by atoms with Crippen LogP contribution in [-0.2, 0) is 25.4 Å². The van der Waals surface area contributed by atoms with E-state index >= 15 is 0 Å². The molecule has 0 unspecified atom stereocenters. The fourth-order valence-electron chi connectivity index (χ4n) is 3.96. The van der Waals surface area contributed by atoms with Crippen molar-refractivity contribution in [1.82, 2.24) is 29.0 Å². The molecule has 0 saturated heterocycles. The second-order valence-corrected chi connectivity index (χ2v) is 7.91. The molecule has 3 aromatic rings. The first-order chi connectivity index (χ1) is 15.4. The third-order valence-corrected chi connectivity index (χ3v) is 5.72. The van der Waals surface area contributed by atoms with Gasteiger partial charge in [-0.25, -0.2) is 14.8 Å². The largest absolute Gasteiger partial charge is 0.474 e. The summed E-state index contributed by atoms with van der Waals surface area (Å²) in [5.41, 5.74) is 0.00103. The van der Waals surface area contributed by atoms with Gasteiger partial charge in [-0.1, -0.05) is 0 Å². The maximum absolute atomic E-state index is 12.6. The highest BCUT2D eigenvalue weighted by atomic mass is 16.5. The minimum atomic E-state index is -0.484. The Morgan fingerprint density at radius 1 is 1.19 bits per heavy atom. The van der Waals surface area contributed by atoms with Gasteiger partial charge in [0.25, 0.3) is 5.56 Å². The van der Waals surface area contributed by atoms with Gasteiger partial charge < -0.3 is 14.6 Å². The summed E-state index contributed by atoms with van der Waals surface area (Å²) >= 11 is 0. The Morgan fingerprint density at radius 2 is 1.94 bits per heavy atom. The Labute approximate surface area is 182 Å². The number of imidazole rings is 1. The van der Waals surface area contributed by atoms with Crippen molar-refractivity contribution in [2.45, 2.75) is 44.4 Å². The van der Waals surface area contributed by atoms with Crippen LogP contribution in [0, 0.1) is 11.3 Å². The number of carbonyl (C=O) groups is 1. The predicted octanol–water partition coefficient (Wildman–Crippen LogP) is 0.207. The van der Waals surface area contributed by atoms with E-state index in [1.54, 1.807) is 12.1 Å². The molecular formula is C21H23N7O4. The van der Waals surface area contributed by atoms with Gasteiger partial charge in [0.05, 0.1) is 11.9 Å². The number of rotatable bonds is 5. The number of nitrogens with one attached hydrogen (secondary N) is 1. The van der Waals surface area contributed by atoms with Crippen molar-refractivity contribution in [2.24, 2.45) is 14.1 Å². The van der Waals surface area contributed by atoms with Crippen LogP contribution in [0.3, 0.4) is 0 Å². The molecule has 0 aromatic carbocycles. The fraction of sp³-hybridized carbons (Fsp3) is 0.429. The Hall–Kier alpha value is -3.94. The van der Waals surface area contributed by atoms with E-state index in [1.165, 1.54) is 35.8 Å². The number of nitrogens with zero attached hydrogens (tertiary/aromatic N) is 6. The zero-order valence-electron chi connectivity index (χ0n) is 17.8. The second kappa shape index (κ2) is 8.66. The molecule has 11 nitrogen and oxygen atoms in total. The lowest BCUT2D eigenvalue weighted by Crippen LogP contribution is -2.41. The number of ether oxygens (including phenoxy) is 1. The average Bonchev–Trinajstić information content (AvgIpc) is 3.21. The number of amides is 1. The van der Waals surface area contributed by atoms with E-state index in [0.717, 1.165) is 30.3 Å². The lowest BCUT2D eigenvalue weighted by molar-refractivity contribution is -0.122. The summed E-state index contributed by atoms with van der Waals surface area (Å²) in [6, 6.07) is 5.38. The number of pyridine rings is 1. The van der Waals surface area contributed by atoms with Crippen LogP contribution >= 0.6 is 0 Å². The first kappa shape index (κ1) is 21.3. The molecule has 1 N–H and O–H groups in total. The molecule has 0 bridgehead atoms. The van der Waals surface area contributed by atoms with Crippen LogP contribution in [0.15, 0.2) is 34.2 Å². The molecule has 3 heterocycles. The van der Waals surface area contributed by atoms with Gasteiger partial charge in [-0.3, -0.25) is 18.7 Å². The normalized spacial score (nSPS) is 18.3. The Balaban J connectivity index is 1.34. The average molecular weight is 437 g/mol. The molecule has 1 saturated carbocycles. The number of carbonyl (C=O) groups excluding carboxylic acids is 1. The van der Waals surface area contributed by atoms with Crippen LogP contribution in [0.5, 0.6) is 5.88 Å². The maximum atomic E-state index is 12.6. The van der Waals surface area contributed by atoms with E-state index in [1.807, 2.05) is 6.07 Å². The molecule has 0 atom stereocenters. The number of fused-ring (bicyclic) bond motifs is 1. The van der Waals surface area contributed by atoms with E-state index in [4.69, 9.17) is 10.00 Å². The van der Waals surface area contributed by atoms with E-state index in [2.05, 4.69) is 15.3 Å². The molecule has 3 aromatic heterocycles. The highest BCUT2D eigenvalue weighted by molar-refractivity contribution is 5.79. The molecular weight excluding hydrogens is 414 g/mol. The standard InChI is InChI=1S/C21H23N7O4/c1-26-19-18(20(30)27(2)21(26)31)28(12-24-19)11-16(29)25-14-4-6-15(7-5-14)32-17-8-3-13(9-22)10-23-17/h3,8,10,12,14-15H,4-7,11H2,1-2H3,(H,25,29). The maximum Gasteiger partial charge on any atom is 0.332 e. The van der Waals surface area contributed by atoms with Gasteiger partial charge >= 0.3 is 5.69 Å². The monoisotopic (exact) mass is 437 g/mol. The summed E-state index contributed by atoms with van der Waals surface area (Å²) in [7, 11) is 2.94. The number of hydrogen-bond acceptors (Lipinski definition) is 7. The molecule has 166 valence electrons. The lowest BCUT2D eigenvalue weighted by atomic mass is 9.93. The molecule has 1 amide bonds. The van der Waals surface area contributed by atoms with Crippen molar-refractivity contribution >= 4 is 17.1 Å². The fourth-order valence-corrected chi connectivity index (χ4v) is 3.96. The van der Waals surface area contributed by atoms with Crippen LogP contribution in [0.2, 0.25) is 0 Å². The second-order valence-electron chi connectivity index (χ2n) is 7.91. The smallest absolute Gasteiger partial charge is 0.332 e. The quantitative estimate of drug-likeness (QED) is 0.602. The SMILES string of the molecule is Cn1c(=O)c2c(ncn2CC(=O)NC2CCC(Oc3ccc(C#N)cn3)CC2)n(C)c1=O. The van der Waals surface area contributed by atoms with Crippen molar-refractivity contribution in [3.8, 4) is 11.9 Å². The molecule has 0 radical (unpaired) electrons. The van der Waals surface area contributed by atoms with Crippen molar-refractivity contribution in [1.29, 1.82) is 5.26 Å². The lowest BCUT2D eigenvalue weighted by Gasteiger charge is -2.29. The third-order valence-electron chi connectivity index (χ3n) is 5.72. The van der Waals surface area contributed by atoms with Crippen LogP contribution in [0.25, 0.3) is 11.2 Å². The zero-order valence-corrected chi connectivity index (χ0v) is 17.8. The summed E-state index contributed by atoms with van der Waals surface area (Å²) in [6.45, 7) is -0.0600. The first-order valence-corrected chi connectivity index (χ1v) is 10.3. The van der Waals surface area contributed by atoms with Gasteiger partial charge in [-0.15, -0.1) is 0 Å². The van der Waals surface area contributed by atoms with Gasteiger partial charge in [-0.2, -0.15) is 5.26 Å². The minimum absolute atomic E-state index is 0.00508. The minimum Gasteiger partial charge on any atom is -0.474 e. The van der Waals surface area contributed by atoms with Crippen molar-refractivity contribution < 1.29 is 9.53 Å². The zero-order chi connectivity index (χ0) is 22.8. The summed E-state index contributed by atoms with van der Waals surface area (Å²) in [5.74, 6) is 0.262. The molecule has 1 fully saturated rings. The highest BCUT2D eigenvalue weighted by Gasteiger charge is 2.24. The van der Waals surface area contributed by atoms with Gasteiger partial charge in [0.1, 0.15) is 18.7 Å². The molecule has 0 spiro atoms. The third kappa shape index (κ3) is 4.12. The number of hydrogen-bond donors (Lipinski definition) is 1. The molecule has 0 aliphatic heterocycles. The van der Waals surface area contributed by atoms with Crippen molar-refractivity contribution in [2.75, 3.05) is 0 Å². The summed E-state index contributed by atoms with van der Waals surface area (Å²) in [4.78, 5) is 45.4. The summed E-state index contributed by atoms with van der Waals surface area (Å²) in [6.07, 6.45) is 5.94. The topological polar surface area (TPSA) is 137 Å².